The molecule has 0 aliphatic heterocycles. The van der Waals surface area contributed by atoms with Gasteiger partial charge in [0.15, 0.2) is 0 Å². The Kier molecular flexibility index (Phi) is 6.34. The number of hydrogen-bond donors (Lipinski definition) is 1. The van der Waals surface area contributed by atoms with Crippen molar-refractivity contribution >= 4 is 23.4 Å². The summed E-state index contributed by atoms with van der Waals surface area (Å²) in [4.78, 5) is 13.2. The molecule has 0 atom stereocenters. The van der Waals surface area contributed by atoms with Gasteiger partial charge in [0.1, 0.15) is 5.75 Å². The molecule has 0 unspecified atom stereocenters. The summed E-state index contributed by atoms with van der Waals surface area (Å²) >= 11 is 1.69. The van der Waals surface area contributed by atoms with Gasteiger partial charge in [0.25, 0.3) is 0 Å². The Morgan fingerprint density at radius 1 is 1.18 bits per heavy atom. The van der Waals surface area contributed by atoms with E-state index in [9.17, 15) is 4.79 Å². The van der Waals surface area contributed by atoms with E-state index in [-0.39, 0.29) is 5.91 Å². The van der Waals surface area contributed by atoms with Crippen LogP contribution in [-0.4, -0.2) is 18.3 Å². The predicted molar refractivity (Wildman–Crippen MR) is 92.8 cm³/mol. The van der Waals surface area contributed by atoms with Crippen LogP contribution in [0.15, 0.2) is 53.4 Å². The van der Waals surface area contributed by atoms with Gasteiger partial charge in [-0.15, -0.1) is 11.8 Å². The first kappa shape index (κ1) is 16.4. The van der Waals surface area contributed by atoms with Crippen LogP contribution in [0.1, 0.15) is 18.9 Å². The fourth-order valence-electron chi connectivity index (χ4n) is 1.95. The number of thioether (sulfide) groups is 1. The van der Waals surface area contributed by atoms with Gasteiger partial charge in [-0.25, -0.2) is 0 Å². The van der Waals surface area contributed by atoms with Crippen LogP contribution >= 0.6 is 11.8 Å². The summed E-state index contributed by atoms with van der Waals surface area (Å²) in [6.45, 7) is 4.62. The molecule has 0 radical (unpaired) electrons. The summed E-state index contributed by atoms with van der Waals surface area (Å²) in [5.41, 5.74) is 2.02. The van der Waals surface area contributed by atoms with E-state index in [1.165, 1.54) is 10.5 Å². The van der Waals surface area contributed by atoms with E-state index < -0.39 is 0 Å². The molecular weight excluding hydrogens is 294 g/mol. The van der Waals surface area contributed by atoms with Gasteiger partial charge in [-0.1, -0.05) is 23.8 Å². The Morgan fingerprint density at radius 3 is 2.68 bits per heavy atom. The molecule has 4 heteroatoms. The zero-order valence-corrected chi connectivity index (χ0v) is 13.8. The summed E-state index contributed by atoms with van der Waals surface area (Å²) in [5, 5.41) is 2.90. The Morgan fingerprint density at radius 2 is 1.95 bits per heavy atom. The zero-order chi connectivity index (χ0) is 15.8. The van der Waals surface area contributed by atoms with Crippen LogP contribution in [0.4, 0.5) is 5.69 Å². The second kappa shape index (κ2) is 8.49. The number of benzene rings is 2. The predicted octanol–water partition coefficient (Wildman–Crippen LogP) is 4.51. The third kappa shape index (κ3) is 5.45. The molecule has 0 spiro atoms. The molecule has 2 aromatic rings. The summed E-state index contributed by atoms with van der Waals surface area (Å²) in [6, 6.07) is 15.8. The lowest BCUT2D eigenvalue weighted by Crippen LogP contribution is -2.12. The lowest BCUT2D eigenvalue weighted by atomic mass is 10.2. The first-order valence-corrected chi connectivity index (χ1v) is 8.38. The molecule has 0 heterocycles. The molecule has 3 nitrogen and oxygen atoms in total. The average molecular weight is 315 g/mol. The Hall–Kier alpha value is -1.94. The van der Waals surface area contributed by atoms with Crippen molar-refractivity contribution in [1.29, 1.82) is 0 Å². The second-order valence-corrected chi connectivity index (χ2v) is 6.09. The molecule has 0 aliphatic rings. The van der Waals surface area contributed by atoms with Gasteiger partial charge in [0.05, 0.1) is 6.61 Å². The number of nitrogens with one attached hydrogen (secondary N) is 1. The van der Waals surface area contributed by atoms with Gasteiger partial charge in [0.2, 0.25) is 5.91 Å². The Bertz CT molecular complexity index is 611. The topological polar surface area (TPSA) is 38.3 Å². The lowest BCUT2D eigenvalue weighted by Gasteiger charge is -2.08. The minimum Gasteiger partial charge on any atom is -0.494 e. The number of ether oxygens (including phenoxy) is 1. The van der Waals surface area contributed by atoms with Crippen molar-refractivity contribution in [2.45, 2.75) is 25.2 Å². The van der Waals surface area contributed by atoms with Gasteiger partial charge in [0, 0.05) is 28.8 Å². The van der Waals surface area contributed by atoms with Crippen molar-refractivity contribution in [3.8, 4) is 5.75 Å². The van der Waals surface area contributed by atoms with Crippen LogP contribution in [0.5, 0.6) is 5.75 Å². The maximum absolute atomic E-state index is 12.0. The van der Waals surface area contributed by atoms with Crippen molar-refractivity contribution < 1.29 is 9.53 Å². The van der Waals surface area contributed by atoms with Gasteiger partial charge < -0.3 is 10.1 Å². The van der Waals surface area contributed by atoms with Crippen LogP contribution < -0.4 is 10.1 Å². The molecule has 0 aromatic heterocycles. The largest absolute Gasteiger partial charge is 0.494 e. The van der Waals surface area contributed by atoms with Crippen LogP contribution in [0.2, 0.25) is 0 Å². The third-order valence-electron chi connectivity index (χ3n) is 3.05. The van der Waals surface area contributed by atoms with Gasteiger partial charge in [-0.05, 0) is 38.1 Å². The standard InChI is InChI=1S/C18H21NO2S/c1-3-21-16-6-4-5-15(13-16)19-18(20)11-12-22-17-9-7-14(2)8-10-17/h4-10,13H,3,11-12H2,1-2H3,(H,19,20). The van der Waals surface area contributed by atoms with Crippen LogP contribution in [0.25, 0.3) is 0 Å². The van der Waals surface area contributed by atoms with E-state index in [0.29, 0.717) is 13.0 Å². The SMILES string of the molecule is CCOc1cccc(NC(=O)CCSc2ccc(C)cc2)c1. The maximum atomic E-state index is 12.0. The molecule has 0 bridgehead atoms. The molecule has 0 saturated heterocycles. The highest BCUT2D eigenvalue weighted by Gasteiger charge is 2.04. The average Bonchev–Trinajstić information content (AvgIpc) is 2.50. The summed E-state index contributed by atoms with van der Waals surface area (Å²) < 4.78 is 5.42. The highest BCUT2D eigenvalue weighted by Crippen LogP contribution is 2.20. The van der Waals surface area contributed by atoms with Crippen molar-refractivity contribution in [2.24, 2.45) is 0 Å². The lowest BCUT2D eigenvalue weighted by molar-refractivity contribution is -0.115. The van der Waals surface area contributed by atoms with Crippen LogP contribution in [0.3, 0.4) is 0 Å². The van der Waals surface area contributed by atoms with E-state index in [4.69, 9.17) is 4.74 Å². The van der Waals surface area contributed by atoms with E-state index in [0.717, 1.165) is 17.2 Å². The third-order valence-corrected chi connectivity index (χ3v) is 4.06. The number of aryl methyl sites for hydroxylation is 1. The molecule has 0 fully saturated rings. The number of hydrogen-bond acceptors (Lipinski definition) is 3. The fraction of sp³-hybridized carbons (Fsp3) is 0.278. The first-order valence-electron chi connectivity index (χ1n) is 7.39. The summed E-state index contributed by atoms with van der Waals surface area (Å²) in [7, 11) is 0. The number of rotatable bonds is 7. The minimum absolute atomic E-state index is 0.0215. The molecule has 116 valence electrons. The van der Waals surface area contributed by atoms with Crippen molar-refractivity contribution in [3.05, 3.63) is 54.1 Å². The highest BCUT2D eigenvalue weighted by atomic mass is 32.2. The summed E-state index contributed by atoms with van der Waals surface area (Å²) in [6.07, 6.45) is 0.484. The molecule has 1 amide bonds. The zero-order valence-electron chi connectivity index (χ0n) is 13.0. The van der Waals surface area contributed by atoms with Crippen molar-refractivity contribution in [1.82, 2.24) is 0 Å². The smallest absolute Gasteiger partial charge is 0.225 e. The highest BCUT2D eigenvalue weighted by molar-refractivity contribution is 7.99. The quantitative estimate of drug-likeness (QED) is 0.764. The van der Waals surface area contributed by atoms with E-state index in [1.54, 1.807) is 11.8 Å². The van der Waals surface area contributed by atoms with Gasteiger partial charge in [-0.3, -0.25) is 4.79 Å². The molecule has 2 rings (SSSR count). The van der Waals surface area contributed by atoms with Crippen LogP contribution in [0, 0.1) is 6.92 Å². The molecule has 0 aliphatic carbocycles. The van der Waals surface area contributed by atoms with E-state index in [1.807, 2.05) is 31.2 Å². The van der Waals surface area contributed by atoms with E-state index in [2.05, 4.69) is 36.5 Å². The van der Waals surface area contributed by atoms with E-state index >= 15 is 0 Å². The Balaban J connectivity index is 1.78. The minimum atomic E-state index is 0.0215. The molecule has 1 N–H and O–H groups in total. The number of carbonyl (C=O) groups excluding carboxylic acids is 1. The monoisotopic (exact) mass is 315 g/mol. The molecular formula is C18H21NO2S. The number of carbonyl (C=O) groups is 1. The van der Waals surface area contributed by atoms with Gasteiger partial charge >= 0.3 is 0 Å². The van der Waals surface area contributed by atoms with Gasteiger partial charge in [-0.2, -0.15) is 0 Å². The molecule has 2 aromatic carbocycles. The normalized spacial score (nSPS) is 10.3. The fourth-order valence-corrected chi connectivity index (χ4v) is 2.80. The number of anilines is 1. The van der Waals surface area contributed by atoms with Crippen LogP contribution in [-0.2, 0) is 4.79 Å². The molecule has 0 saturated carbocycles. The van der Waals surface area contributed by atoms with Crippen molar-refractivity contribution in [2.75, 3.05) is 17.7 Å². The first-order chi connectivity index (χ1) is 10.7. The Labute approximate surface area is 136 Å². The maximum Gasteiger partial charge on any atom is 0.225 e. The number of amides is 1. The molecule has 22 heavy (non-hydrogen) atoms. The summed E-state index contributed by atoms with van der Waals surface area (Å²) in [5.74, 6) is 1.56. The van der Waals surface area contributed by atoms with Crippen molar-refractivity contribution in [3.63, 3.8) is 0 Å². The second-order valence-electron chi connectivity index (χ2n) is 4.92.